The highest BCUT2D eigenvalue weighted by molar-refractivity contribution is 9.10. The number of likely N-dealkylation sites (N-methyl/N-ethyl adjacent to an activating group) is 1. The summed E-state index contributed by atoms with van der Waals surface area (Å²) in [5.41, 5.74) is 0.395. The van der Waals surface area contributed by atoms with Crippen LogP contribution in [-0.4, -0.2) is 34.6 Å². The number of hydrogen-bond acceptors (Lipinski definition) is 4. The molecule has 0 aliphatic rings. The van der Waals surface area contributed by atoms with Crippen molar-refractivity contribution >= 4 is 45.1 Å². The second-order valence-electron chi connectivity index (χ2n) is 5.10. The van der Waals surface area contributed by atoms with E-state index in [4.69, 9.17) is 0 Å². The Kier molecular flexibility index (Phi) is 7.67. The Hall–Kier alpha value is -1.44. The van der Waals surface area contributed by atoms with Gasteiger partial charge >= 0.3 is 0 Å². The monoisotopic (exact) mass is 402 g/mol. The number of fused-ring (bicyclic) bond motifs is 1. The predicted octanol–water partition coefficient (Wildman–Crippen LogP) is 1.70. The van der Waals surface area contributed by atoms with Crippen LogP contribution in [0.25, 0.3) is 10.9 Å². The first-order chi connectivity index (χ1) is 10.5. The molecule has 0 radical (unpaired) electrons. The summed E-state index contributed by atoms with van der Waals surface area (Å²) >= 11 is 3.34. The van der Waals surface area contributed by atoms with Crippen molar-refractivity contribution in [1.29, 1.82) is 0 Å². The number of benzene rings is 1. The van der Waals surface area contributed by atoms with Crippen molar-refractivity contribution < 1.29 is 4.79 Å². The first-order valence-electron chi connectivity index (χ1n) is 7.16. The van der Waals surface area contributed by atoms with Gasteiger partial charge in [-0.1, -0.05) is 22.9 Å². The number of halogens is 2. The number of amides is 1. The summed E-state index contributed by atoms with van der Waals surface area (Å²) in [6, 6.07) is 5.50. The van der Waals surface area contributed by atoms with Gasteiger partial charge < -0.3 is 10.6 Å². The molecule has 0 saturated carbocycles. The SMILES string of the molecule is CCN[C@H](C)CNC(=O)Cn1cnc2ccc(Br)cc2c1=O.Cl. The van der Waals surface area contributed by atoms with E-state index in [-0.39, 0.29) is 36.5 Å². The summed E-state index contributed by atoms with van der Waals surface area (Å²) < 4.78 is 2.13. The van der Waals surface area contributed by atoms with Gasteiger partial charge in [-0.2, -0.15) is 0 Å². The van der Waals surface area contributed by atoms with Crippen LogP contribution in [0.3, 0.4) is 0 Å². The van der Waals surface area contributed by atoms with Crippen molar-refractivity contribution in [2.75, 3.05) is 13.1 Å². The molecule has 23 heavy (non-hydrogen) atoms. The first-order valence-corrected chi connectivity index (χ1v) is 7.95. The fraction of sp³-hybridized carbons (Fsp3) is 0.400. The molecule has 0 unspecified atom stereocenters. The minimum atomic E-state index is -0.221. The van der Waals surface area contributed by atoms with E-state index in [9.17, 15) is 9.59 Å². The van der Waals surface area contributed by atoms with Gasteiger partial charge in [-0.25, -0.2) is 4.98 Å². The Labute approximate surface area is 149 Å². The van der Waals surface area contributed by atoms with Gasteiger partial charge in [-0.3, -0.25) is 14.2 Å². The molecule has 2 rings (SSSR count). The number of carbonyl (C=O) groups excluding carboxylic acids is 1. The lowest BCUT2D eigenvalue weighted by Crippen LogP contribution is -2.41. The third-order valence-electron chi connectivity index (χ3n) is 3.26. The second-order valence-corrected chi connectivity index (χ2v) is 6.02. The van der Waals surface area contributed by atoms with E-state index in [2.05, 4.69) is 31.5 Å². The molecule has 0 bridgehead atoms. The van der Waals surface area contributed by atoms with Gasteiger partial charge in [0.25, 0.3) is 5.56 Å². The molecule has 126 valence electrons. The molecule has 1 amide bonds. The van der Waals surface area contributed by atoms with E-state index >= 15 is 0 Å². The van der Waals surface area contributed by atoms with E-state index in [1.165, 1.54) is 10.9 Å². The third kappa shape index (κ3) is 5.30. The van der Waals surface area contributed by atoms with Crippen LogP contribution < -0.4 is 16.2 Å². The zero-order valence-electron chi connectivity index (χ0n) is 13.0. The van der Waals surface area contributed by atoms with Crippen LogP contribution >= 0.6 is 28.3 Å². The van der Waals surface area contributed by atoms with Crippen molar-refractivity contribution in [3.05, 3.63) is 39.4 Å². The third-order valence-corrected chi connectivity index (χ3v) is 3.75. The molecule has 2 N–H and O–H groups in total. The second kappa shape index (κ2) is 9.00. The number of nitrogens with one attached hydrogen (secondary N) is 2. The molecular weight excluding hydrogens is 384 g/mol. The van der Waals surface area contributed by atoms with Crippen molar-refractivity contribution in [3.8, 4) is 0 Å². The molecule has 0 spiro atoms. The maximum absolute atomic E-state index is 12.4. The first kappa shape index (κ1) is 19.6. The zero-order valence-corrected chi connectivity index (χ0v) is 15.4. The highest BCUT2D eigenvalue weighted by Gasteiger charge is 2.09. The van der Waals surface area contributed by atoms with Crippen molar-refractivity contribution in [2.24, 2.45) is 0 Å². The van der Waals surface area contributed by atoms with E-state index in [0.717, 1.165) is 11.0 Å². The summed E-state index contributed by atoms with van der Waals surface area (Å²) in [5.74, 6) is -0.206. The number of carbonyl (C=O) groups is 1. The molecule has 1 atom stereocenters. The molecule has 1 aromatic carbocycles. The van der Waals surface area contributed by atoms with Crippen molar-refractivity contribution in [3.63, 3.8) is 0 Å². The molecule has 1 heterocycles. The van der Waals surface area contributed by atoms with Gasteiger partial charge in [0.1, 0.15) is 6.54 Å². The lowest BCUT2D eigenvalue weighted by atomic mass is 10.2. The van der Waals surface area contributed by atoms with Crippen LogP contribution in [-0.2, 0) is 11.3 Å². The van der Waals surface area contributed by atoms with Gasteiger partial charge in [0.15, 0.2) is 0 Å². The Morgan fingerprint density at radius 1 is 1.43 bits per heavy atom. The summed E-state index contributed by atoms with van der Waals surface area (Å²) in [6.45, 7) is 5.34. The maximum Gasteiger partial charge on any atom is 0.261 e. The van der Waals surface area contributed by atoms with Crippen LogP contribution in [0.5, 0.6) is 0 Å². The van der Waals surface area contributed by atoms with E-state index in [1.54, 1.807) is 12.1 Å². The van der Waals surface area contributed by atoms with Crippen LogP contribution in [0.15, 0.2) is 33.8 Å². The minimum Gasteiger partial charge on any atom is -0.353 e. The van der Waals surface area contributed by atoms with Crippen molar-refractivity contribution in [2.45, 2.75) is 26.4 Å². The molecule has 1 aromatic heterocycles. The molecule has 0 fully saturated rings. The van der Waals surface area contributed by atoms with Crippen LogP contribution in [0.2, 0.25) is 0 Å². The van der Waals surface area contributed by atoms with E-state index < -0.39 is 0 Å². The molecule has 0 aliphatic carbocycles. The Morgan fingerprint density at radius 2 is 2.17 bits per heavy atom. The Morgan fingerprint density at radius 3 is 2.87 bits per heavy atom. The summed E-state index contributed by atoms with van der Waals surface area (Å²) in [5, 5.41) is 6.50. The molecule has 0 saturated heterocycles. The fourth-order valence-corrected chi connectivity index (χ4v) is 2.50. The summed E-state index contributed by atoms with van der Waals surface area (Å²) in [7, 11) is 0. The van der Waals surface area contributed by atoms with Gasteiger partial charge in [0, 0.05) is 17.1 Å². The minimum absolute atomic E-state index is 0. The number of aromatic nitrogens is 2. The molecule has 6 nitrogen and oxygen atoms in total. The zero-order chi connectivity index (χ0) is 16.1. The molecule has 0 aliphatic heterocycles. The predicted molar refractivity (Wildman–Crippen MR) is 97.1 cm³/mol. The largest absolute Gasteiger partial charge is 0.353 e. The molecule has 8 heteroatoms. The van der Waals surface area contributed by atoms with Gasteiger partial charge in [-0.05, 0) is 31.7 Å². The fourth-order valence-electron chi connectivity index (χ4n) is 2.14. The molecular formula is C15H20BrClN4O2. The Balaban J connectivity index is 0.00000264. The van der Waals surface area contributed by atoms with Crippen LogP contribution in [0.4, 0.5) is 0 Å². The lowest BCUT2D eigenvalue weighted by molar-refractivity contribution is -0.121. The number of rotatable bonds is 6. The van der Waals surface area contributed by atoms with E-state index in [0.29, 0.717) is 17.4 Å². The maximum atomic E-state index is 12.4. The lowest BCUT2D eigenvalue weighted by Gasteiger charge is -2.13. The number of nitrogens with zero attached hydrogens (tertiary/aromatic N) is 2. The summed E-state index contributed by atoms with van der Waals surface area (Å²) in [4.78, 5) is 28.5. The number of hydrogen-bond donors (Lipinski definition) is 2. The average molecular weight is 404 g/mol. The van der Waals surface area contributed by atoms with Gasteiger partial charge in [0.2, 0.25) is 5.91 Å². The van der Waals surface area contributed by atoms with Crippen molar-refractivity contribution in [1.82, 2.24) is 20.2 Å². The smallest absolute Gasteiger partial charge is 0.261 e. The normalized spacial score (nSPS) is 11.8. The van der Waals surface area contributed by atoms with E-state index in [1.807, 2.05) is 19.9 Å². The van der Waals surface area contributed by atoms with Crippen LogP contribution in [0, 0.1) is 0 Å². The average Bonchev–Trinajstić information content (AvgIpc) is 2.49. The van der Waals surface area contributed by atoms with Gasteiger partial charge in [-0.15, -0.1) is 12.4 Å². The van der Waals surface area contributed by atoms with Crippen LogP contribution in [0.1, 0.15) is 13.8 Å². The van der Waals surface area contributed by atoms with Gasteiger partial charge in [0.05, 0.1) is 17.2 Å². The highest BCUT2D eigenvalue weighted by Crippen LogP contribution is 2.14. The quantitative estimate of drug-likeness (QED) is 0.770. The Bertz CT molecular complexity index is 735. The molecule has 2 aromatic rings. The summed E-state index contributed by atoms with van der Waals surface area (Å²) in [6.07, 6.45) is 1.41. The topological polar surface area (TPSA) is 76.0 Å². The standard InChI is InChI=1S/C15H19BrN4O2.ClH/c1-3-17-10(2)7-18-14(21)8-20-9-19-13-5-4-11(16)6-12(13)15(20)22;/h4-6,9-10,17H,3,7-8H2,1-2H3,(H,18,21);1H/t10-;/m1./s1. The highest BCUT2D eigenvalue weighted by atomic mass is 79.9.